The molecule has 1 unspecified atom stereocenters. The molecule has 0 saturated heterocycles. The monoisotopic (exact) mass is 426 g/mol. The zero-order valence-electron chi connectivity index (χ0n) is 17.5. The second-order valence-corrected chi connectivity index (χ2v) is 8.73. The number of imide groups is 1. The molecule has 0 bridgehead atoms. The van der Waals surface area contributed by atoms with Crippen LogP contribution in [0.5, 0.6) is 0 Å². The summed E-state index contributed by atoms with van der Waals surface area (Å²) in [7, 11) is 0. The van der Waals surface area contributed by atoms with Crippen molar-refractivity contribution in [2.75, 3.05) is 0 Å². The van der Waals surface area contributed by atoms with Crippen LogP contribution in [0.15, 0.2) is 65.3 Å². The summed E-state index contributed by atoms with van der Waals surface area (Å²) in [5.41, 5.74) is 3.61. The normalized spacial score (nSPS) is 19.2. The second kappa shape index (κ2) is 7.19. The van der Waals surface area contributed by atoms with E-state index < -0.39 is 0 Å². The average Bonchev–Trinajstić information content (AvgIpc) is 3.25. The van der Waals surface area contributed by atoms with E-state index >= 15 is 0 Å². The maximum absolute atomic E-state index is 13.7. The number of hydrogen-bond donors (Lipinski definition) is 0. The van der Waals surface area contributed by atoms with Gasteiger partial charge < -0.3 is 9.32 Å². The van der Waals surface area contributed by atoms with E-state index in [1.165, 1.54) is 22.3 Å². The van der Waals surface area contributed by atoms with E-state index in [4.69, 9.17) is 4.42 Å². The summed E-state index contributed by atoms with van der Waals surface area (Å²) in [4.78, 5) is 42.6. The Morgan fingerprint density at radius 3 is 2.56 bits per heavy atom. The largest absolute Gasteiger partial charge is 0.467 e. The van der Waals surface area contributed by atoms with Crippen molar-refractivity contribution in [1.29, 1.82) is 0 Å². The molecule has 1 atom stereocenters. The lowest BCUT2D eigenvalue weighted by molar-refractivity contribution is 0.0630. The Morgan fingerprint density at radius 1 is 0.969 bits per heavy atom. The molecule has 6 heteroatoms. The highest BCUT2D eigenvalue weighted by atomic mass is 16.3. The molecule has 32 heavy (non-hydrogen) atoms. The van der Waals surface area contributed by atoms with E-state index in [0.29, 0.717) is 16.9 Å². The van der Waals surface area contributed by atoms with Crippen LogP contribution in [0.3, 0.4) is 0 Å². The van der Waals surface area contributed by atoms with Crippen molar-refractivity contribution in [3.63, 3.8) is 0 Å². The second-order valence-electron chi connectivity index (χ2n) is 8.73. The van der Waals surface area contributed by atoms with Gasteiger partial charge in [0.15, 0.2) is 0 Å². The number of furan rings is 1. The maximum Gasteiger partial charge on any atom is 0.261 e. The van der Waals surface area contributed by atoms with E-state index in [1.807, 2.05) is 17.0 Å². The fourth-order valence-corrected chi connectivity index (χ4v) is 5.01. The molecule has 1 aliphatic heterocycles. The van der Waals surface area contributed by atoms with Gasteiger partial charge in [-0.05, 0) is 67.1 Å². The summed E-state index contributed by atoms with van der Waals surface area (Å²) in [6.07, 6.45) is 5.41. The smallest absolute Gasteiger partial charge is 0.261 e. The van der Waals surface area contributed by atoms with Crippen LogP contribution >= 0.6 is 0 Å². The molecule has 6 rings (SSSR count). The Morgan fingerprint density at radius 2 is 1.78 bits per heavy atom. The molecule has 2 aliphatic carbocycles. The van der Waals surface area contributed by atoms with E-state index in [1.54, 1.807) is 30.3 Å². The Labute approximate surface area is 185 Å². The average molecular weight is 426 g/mol. The van der Waals surface area contributed by atoms with Crippen LogP contribution in [0.2, 0.25) is 0 Å². The van der Waals surface area contributed by atoms with Gasteiger partial charge in [0.25, 0.3) is 17.7 Å². The van der Waals surface area contributed by atoms with Gasteiger partial charge in [-0.3, -0.25) is 19.3 Å². The van der Waals surface area contributed by atoms with Gasteiger partial charge in [0.05, 0.1) is 30.0 Å². The van der Waals surface area contributed by atoms with Gasteiger partial charge in [-0.15, -0.1) is 0 Å². The van der Waals surface area contributed by atoms with Crippen LogP contribution in [-0.4, -0.2) is 33.6 Å². The highest BCUT2D eigenvalue weighted by molar-refractivity contribution is 6.22. The molecule has 3 aromatic rings. The molecule has 3 amide bonds. The summed E-state index contributed by atoms with van der Waals surface area (Å²) in [5, 5.41) is 0. The first-order valence-corrected chi connectivity index (χ1v) is 11.0. The Bertz CT molecular complexity index is 1240. The topological polar surface area (TPSA) is 70.8 Å². The fourth-order valence-electron chi connectivity index (χ4n) is 5.01. The van der Waals surface area contributed by atoms with Crippen molar-refractivity contribution in [3.05, 3.63) is 94.4 Å². The molecule has 160 valence electrons. The van der Waals surface area contributed by atoms with Gasteiger partial charge >= 0.3 is 0 Å². The fraction of sp³-hybridized carbons (Fsp3) is 0.269. The molecule has 3 aliphatic rings. The lowest BCUT2D eigenvalue weighted by Gasteiger charge is -2.30. The van der Waals surface area contributed by atoms with Crippen molar-refractivity contribution >= 4 is 17.7 Å². The van der Waals surface area contributed by atoms with Gasteiger partial charge in [0.2, 0.25) is 0 Å². The summed E-state index contributed by atoms with van der Waals surface area (Å²) in [5.74, 6) is -0.276. The third kappa shape index (κ3) is 2.98. The maximum atomic E-state index is 13.7. The SMILES string of the molecule is O=C1c2ccc(C(=O)N(C3CC3)C3CCc4ccccc43)cc2C(=O)N1Cc1ccco1. The summed E-state index contributed by atoms with van der Waals surface area (Å²) >= 11 is 0. The first kappa shape index (κ1) is 19.0. The van der Waals surface area contributed by atoms with Crippen LogP contribution in [-0.2, 0) is 13.0 Å². The van der Waals surface area contributed by atoms with Crippen LogP contribution < -0.4 is 0 Å². The van der Waals surface area contributed by atoms with Crippen molar-refractivity contribution in [2.45, 2.75) is 44.3 Å². The zero-order valence-corrected chi connectivity index (χ0v) is 17.5. The number of rotatable bonds is 5. The lowest BCUT2D eigenvalue weighted by Crippen LogP contribution is -2.36. The zero-order chi connectivity index (χ0) is 21.8. The molecule has 2 aromatic carbocycles. The van der Waals surface area contributed by atoms with Crippen LogP contribution in [0.1, 0.15) is 73.3 Å². The Balaban J connectivity index is 1.31. The minimum absolute atomic E-state index is 0.0623. The molecule has 1 saturated carbocycles. The number of carbonyl (C=O) groups is 3. The number of aryl methyl sites for hydroxylation is 1. The van der Waals surface area contributed by atoms with Crippen molar-refractivity contribution in [2.24, 2.45) is 0 Å². The number of carbonyl (C=O) groups excluding carboxylic acids is 3. The number of benzene rings is 2. The van der Waals surface area contributed by atoms with Crippen molar-refractivity contribution in [1.82, 2.24) is 9.80 Å². The highest BCUT2D eigenvalue weighted by Crippen LogP contribution is 2.42. The quantitative estimate of drug-likeness (QED) is 0.568. The van der Waals surface area contributed by atoms with Gasteiger partial charge in [-0.25, -0.2) is 0 Å². The van der Waals surface area contributed by atoms with Crippen LogP contribution in [0, 0.1) is 0 Å². The molecule has 0 spiro atoms. The predicted octanol–water partition coefficient (Wildman–Crippen LogP) is 4.37. The molecule has 6 nitrogen and oxygen atoms in total. The van der Waals surface area contributed by atoms with Crippen LogP contribution in [0.25, 0.3) is 0 Å². The minimum Gasteiger partial charge on any atom is -0.467 e. The van der Waals surface area contributed by atoms with Gasteiger partial charge in [0.1, 0.15) is 5.76 Å². The predicted molar refractivity (Wildman–Crippen MR) is 116 cm³/mol. The molecular weight excluding hydrogens is 404 g/mol. The number of amides is 3. The standard InChI is InChI=1S/C26H22N2O4/c29-24(28(18-9-10-18)23-12-8-16-4-1-2-6-20(16)23)17-7-11-21-22(14-17)26(31)27(25(21)30)15-19-5-3-13-32-19/h1-7,11,13-14,18,23H,8-10,12,15H2. The summed E-state index contributed by atoms with van der Waals surface area (Å²) < 4.78 is 5.30. The number of nitrogens with zero attached hydrogens (tertiary/aromatic N) is 2. The number of hydrogen-bond acceptors (Lipinski definition) is 4. The van der Waals surface area contributed by atoms with E-state index in [0.717, 1.165) is 25.7 Å². The van der Waals surface area contributed by atoms with E-state index in [-0.39, 0.29) is 41.9 Å². The molecule has 1 fully saturated rings. The van der Waals surface area contributed by atoms with Crippen molar-refractivity contribution in [3.8, 4) is 0 Å². The van der Waals surface area contributed by atoms with E-state index in [2.05, 4.69) is 12.1 Å². The molecular formula is C26H22N2O4. The first-order valence-electron chi connectivity index (χ1n) is 11.0. The first-order chi connectivity index (χ1) is 15.6. The minimum atomic E-state index is -0.389. The van der Waals surface area contributed by atoms with Gasteiger partial charge in [-0.2, -0.15) is 0 Å². The lowest BCUT2D eigenvalue weighted by atomic mass is 10.0. The van der Waals surface area contributed by atoms with E-state index in [9.17, 15) is 14.4 Å². The highest BCUT2D eigenvalue weighted by Gasteiger charge is 2.42. The van der Waals surface area contributed by atoms with Crippen molar-refractivity contribution < 1.29 is 18.8 Å². The summed E-state index contributed by atoms with van der Waals surface area (Å²) in [6, 6.07) is 17.0. The number of fused-ring (bicyclic) bond motifs is 2. The third-order valence-corrected chi connectivity index (χ3v) is 6.72. The summed E-state index contributed by atoms with van der Waals surface area (Å²) in [6.45, 7) is 0.0791. The molecule has 0 radical (unpaired) electrons. The molecule has 0 N–H and O–H groups in total. The third-order valence-electron chi connectivity index (χ3n) is 6.72. The Hall–Kier alpha value is -3.67. The van der Waals surface area contributed by atoms with Gasteiger partial charge in [0, 0.05) is 11.6 Å². The molecule has 1 aromatic heterocycles. The van der Waals surface area contributed by atoms with Gasteiger partial charge in [-0.1, -0.05) is 24.3 Å². The molecule has 2 heterocycles. The van der Waals surface area contributed by atoms with Crippen LogP contribution in [0.4, 0.5) is 0 Å². The Kier molecular flexibility index (Phi) is 4.28.